The first kappa shape index (κ1) is 13.2. The van der Waals surface area contributed by atoms with Gasteiger partial charge >= 0.3 is 0 Å². The van der Waals surface area contributed by atoms with Crippen molar-refractivity contribution in [2.24, 2.45) is 0 Å². The molecule has 21 heavy (non-hydrogen) atoms. The monoisotopic (exact) mass is 286 g/mol. The van der Waals surface area contributed by atoms with E-state index in [0.29, 0.717) is 11.3 Å². The highest BCUT2D eigenvalue weighted by Gasteiger charge is 2.30. The predicted octanol–water partition coefficient (Wildman–Crippen LogP) is 0.835. The van der Waals surface area contributed by atoms with Gasteiger partial charge in [-0.3, -0.25) is 14.6 Å². The largest absolute Gasteiger partial charge is 0.497 e. The van der Waals surface area contributed by atoms with Crippen LogP contribution in [-0.2, 0) is 4.79 Å². The van der Waals surface area contributed by atoms with Gasteiger partial charge in [-0.2, -0.15) is 4.98 Å². The lowest BCUT2D eigenvalue weighted by Crippen LogP contribution is -2.31. The first-order valence-electron chi connectivity index (χ1n) is 6.42. The summed E-state index contributed by atoms with van der Waals surface area (Å²) in [5.74, 6) is 0.291. The minimum absolute atomic E-state index is 0.0228. The van der Waals surface area contributed by atoms with Crippen molar-refractivity contribution in [1.29, 1.82) is 0 Å². The molecule has 1 atom stereocenters. The Morgan fingerprint density at radius 3 is 2.95 bits per heavy atom. The third-order valence-corrected chi connectivity index (χ3v) is 3.47. The van der Waals surface area contributed by atoms with Crippen LogP contribution in [0, 0.1) is 0 Å². The lowest BCUT2D eigenvalue weighted by Gasteiger charge is -2.24. The van der Waals surface area contributed by atoms with E-state index in [4.69, 9.17) is 10.5 Å². The SMILES string of the molecule is COc1cccc(C2CC(=O)Nc3nc(N)[nH]c(=O)c32)c1. The van der Waals surface area contributed by atoms with Gasteiger partial charge in [0, 0.05) is 12.3 Å². The van der Waals surface area contributed by atoms with Crippen molar-refractivity contribution in [3.63, 3.8) is 0 Å². The number of anilines is 2. The number of benzene rings is 1. The van der Waals surface area contributed by atoms with Gasteiger partial charge in [-0.15, -0.1) is 0 Å². The van der Waals surface area contributed by atoms with E-state index in [1.807, 2.05) is 18.2 Å². The van der Waals surface area contributed by atoms with Gasteiger partial charge in [0.1, 0.15) is 11.6 Å². The molecular weight excluding hydrogens is 272 g/mol. The number of carbonyl (C=O) groups excluding carboxylic acids is 1. The van der Waals surface area contributed by atoms with Crippen molar-refractivity contribution in [2.75, 3.05) is 18.2 Å². The van der Waals surface area contributed by atoms with Crippen molar-refractivity contribution in [2.45, 2.75) is 12.3 Å². The number of aromatic nitrogens is 2. The lowest BCUT2D eigenvalue weighted by molar-refractivity contribution is -0.116. The number of nitrogen functional groups attached to an aromatic ring is 1. The number of methoxy groups -OCH3 is 1. The first-order valence-corrected chi connectivity index (χ1v) is 6.42. The molecule has 4 N–H and O–H groups in total. The van der Waals surface area contributed by atoms with Gasteiger partial charge in [-0.1, -0.05) is 12.1 Å². The molecule has 0 bridgehead atoms. The molecule has 1 aromatic carbocycles. The van der Waals surface area contributed by atoms with Crippen molar-refractivity contribution in [3.05, 3.63) is 45.7 Å². The van der Waals surface area contributed by atoms with E-state index < -0.39 is 0 Å². The molecule has 0 fully saturated rings. The minimum atomic E-state index is -0.374. The highest BCUT2D eigenvalue weighted by Crippen LogP contribution is 2.34. The van der Waals surface area contributed by atoms with Crippen molar-refractivity contribution in [3.8, 4) is 5.75 Å². The summed E-state index contributed by atoms with van der Waals surface area (Å²) in [4.78, 5) is 30.5. The Hall–Kier alpha value is -2.83. The summed E-state index contributed by atoms with van der Waals surface area (Å²) in [5.41, 5.74) is 6.41. The number of amides is 1. The van der Waals surface area contributed by atoms with E-state index >= 15 is 0 Å². The fourth-order valence-corrected chi connectivity index (χ4v) is 2.53. The molecule has 0 saturated heterocycles. The number of ether oxygens (including phenoxy) is 1. The fraction of sp³-hybridized carbons (Fsp3) is 0.214. The summed E-state index contributed by atoms with van der Waals surface area (Å²) in [6.07, 6.45) is 0.175. The highest BCUT2D eigenvalue weighted by atomic mass is 16.5. The average Bonchev–Trinajstić information content (AvgIpc) is 2.45. The summed E-state index contributed by atoms with van der Waals surface area (Å²) in [7, 11) is 1.57. The number of H-pyrrole nitrogens is 1. The van der Waals surface area contributed by atoms with E-state index in [9.17, 15) is 9.59 Å². The summed E-state index contributed by atoms with van der Waals surface area (Å²) >= 11 is 0. The number of hydrogen-bond donors (Lipinski definition) is 3. The third-order valence-electron chi connectivity index (χ3n) is 3.47. The molecule has 0 aliphatic carbocycles. The van der Waals surface area contributed by atoms with Gasteiger partial charge in [0.25, 0.3) is 5.56 Å². The molecule has 0 spiro atoms. The zero-order valence-corrected chi connectivity index (χ0v) is 11.3. The highest BCUT2D eigenvalue weighted by molar-refractivity contribution is 5.94. The second kappa shape index (κ2) is 4.93. The standard InChI is InChI=1S/C14H14N4O3/c1-21-8-4-2-3-7(5-8)9-6-10(19)16-12-11(9)13(20)18-14(15)17-12/h2-5,9H,6H2,1H3,(H4,15,16,17,18,19,20). The van der Waals surface area contributed by atoms with E-state index in [1.54, 1.807) is 13.2 Å². The smallest absolute Gasteiger partial charge is 0.258 e. The molecule has 0 saturated carbocycles. The number of nitrogens with two attached hydrogens (primary N) is 1. The van der Waals surface area contributed by atoms with Gasteiger partial charge in [-0.25, -0.2) is 0 Å². The maximum Gasteiger partial charge on any atom is 0.258 e. The van der Waals surface area contributed by atoms with Crippen LogP contribution in [0.3, 0.4) is 0 Å². The Balaban J connectivity index is 2.16. The molecule has 7 nitrogen and oxygen atoms in total. The topological polar surface area (TPSA) is 110 Å². The summed E-state index contributed by atoms with van der Waals surface area (Å²) in [6, 6.07) is 7.28. The molecule has 1 aliphatic heterocycles. The molecule has 3 rings (SSSR count). The molecular formula is C14H14N4O3. The summed E-state index contributed by atoms with van der Waals surface area (Å²) in [6.45, 7) is 0. The number of nitrogens with one attached hydrogen (secondary N) is 2. The van der Waals surface area contributed by atoms with Crippen LogP contribution in [0.2, 0.25) is 0 Å². The number of fused-ring (bicyclic) bond motifs is 1. The van der Waals surface area contributed by atoms with Gasteiger partial charge in [-0.05, 0) is 17.7 Å². The number of rotatable bonds is 2. The second-order valence-electron chi connectivity index (χ2n) is 4.79. The average molecular weight is 286 g/mol. The van der Waals surface area contributed by atoms with Crippen molar-refractivity contribution < 1.29 is 9.53 Å². The number of carbonyl (C=O) groups is 1. The van der Waals surface area contributed by atoms with Crippen molar-refractivity contribution in [1.82, 2.24) is 9.97 Å². The molecule has 2 aromatic rings. The van der Waals surface area contributed by atoms with E-state index in [1.165, 1.54) is 0 Å². The van der Waals surface area contributed by atoms with Gasteiger partial charge in [0.15, 0.2) is 0 Å². The van der Waals surface area contributed by atoms with Gasteiger partial charge < -0.3 is 15.8 Å². The quantitative estimate of drug-likeness (QED) is 0.757. The van der Waals surface area contributed by atoms with Crippen LogP contribution in [0.4, 0.5) is 11.8 Å². The van der Waals surface area contributed by atoms with Gasteiger partial charge in [0.05, 0.1) is 12.7 Å². The second-order valence-corrected chi connectivity index (χ2v) is 4.79. The number of hydrogen-bond acceptors (Lipinski definition) is 5. The maximum atomic E-state index is 12.2. The molecule has 1 unspecified atom stereocenters. The molecule has 0 radical (unpaired) electrons. The lowest BCUT2D eigenvalue weighted by atomic mass is 9.87. The van der Waals surface area contributed by atoms with Crippen molar-refractivity contribution >= 4 is 17.7 Å². The minimum Gasteiger partial charge on any atom is -0.497 e. The van der Waals surface area contributed by atoms with Crippen LogP contribution in [0.25, 0.3) is 0 Å². The van der Waals surface area contributed by atoms with Gasteiger partial charge in [0.2, 0.25) is 11.9 Å². The molecule has 1 amide bonds. The first-order chi connectivity index (χ1) is 10.1. The number of nitrogens with zero attached hydrogens (tertiary/aromatic N) is 1. The molecule has 7 heteroatoms. The zero-order chi connectivity index (χ0) is 15.0. The van der Waals surface area contributed by atoms with E-state index in [-0.39, 0.29) is 35.6 Å². The molecule has 2 heterocycles. The fourth-order valence-electron chi connectivity index (χ4n) is 2.53. The van der Waals surface area contributed by atoms with Crippen LogP contribution in [0.5, 0.6) is 5.75 Å². The van der Waals surface area contributed by atoms with Crippen LogP contribution in [0.15, 0.2) is 29.1 Å². The molecule has 108 valence electrons. The Labute approximate surface area is 120 Å². The zero-order valence-electron chi connectivity index (χ0n) is 11.3. The van der Waals surface area contributed by atoms with E-state index in [2.05, 4.69) is 15.3 Å². The Kier molecular flexibility index (Phi) is 3.09. The van der Waals surface area contributed by atoms with Crippen LogP contribution in [0.1, 0.15) is 23.5 Å². The molecule has 1 aromatic heterocycles. The Morgan fingerprint density at radius 1 is 1.38 bits per heavy atom. The van der Waals surface area contributed by atoms with Crippen LogP contribution < -0.4 is 21.3 Å². The molecule has 1 aliphatic rings. The summed E-state index contributed by atoms with van der Waals surface area (Å²) in [5, 5.41) is 2.59. The van der Waals surface area contributed by atoms with E-state index in [0.717, 1.165) is 5.56 Å². The van der Waals surface area contributed by atoms with Crippen LogP contribution in [-0.4, -0.2) is 23.0 Å². The Morgan fingerprint density at radius 2 is 2.19 bits per heavy atom. The number of aromatic amines is 1. The van der Waals surface area contributed by atoms with Crippen LogP contribution >= 0.6 is 0 Å². The third kappa shape index (κ3) is 2.33. The summed E-state index contributed by atoms with van der Waals surface area (Å²) < 4.78 is 5.19. The predicted molar refractivity (Wildman–Crippen MR) is 77.4 cm³/mol. The normalized spacial score (nSPS) is 17.0. The Bertz CT molecular complexity index is 769. The maximum absolute atomic E-state index is 12.2.